The van der Waals surface area contributed by atoms with E-state index < -0.39 is 10.0 Å². The maximum atomic E-state index is 12.4. The topological polar surface area (TPSA) is 58.2 Å². The van der Waals surface area contributed by atoms with Gasteiger partial charge in [-0.3, -0.25) is 4.72 Å². The molecule has 108 valence electrons. The molecule has 1 aromatic heterocycles. The van der Waals surface area contributed by atoms with Crippen LogP contribution in [0.1, 0.15) is 16.0 Å². The summed E-state index contributed by atoms with van der Waals surface area (Å²) >= 11 is 1.28. The molecule has 0 atom stereocenters. The number of hydrogen-bond acceptors (Lipinski definition) is 4. The van der Waals surface area contributed by atoms with Crippen LogP contribution in [0.15, 0.2) is 34.5 Å². The van der Waals surface area contributed by atoms with Crippen LogP contribution >= 0.6 is 11.3 Å². The zero-order valence-corrected chi connectivity index (χ0v) is 13.4. The SMILES string of the molecule is CNCc1ccc(S(=O)(=O)Nc2cccc(C)c2C)s1. The van der Waals surface area contributed by atoms with E-state index in [-0.39, 0.29) is 0 Å². The summed E-state index contributed by atoms with van der Waals surface area (Å²) in [5, 5.41) is 3.01. The van der Waals surface area contributed by atoms with Crippen molar-refractivity contribution in [1.29, 1.82) is 0 Å². The molecule has 0 bridgehead atoms. The second kappa shape index (κ2) is 5.95. The zero-order chi connectivity index (χ0) is 14.8. The molecular weight excluding hydrogens is 292 g/mol. The van der Waals surface area contributed by atoms with Gasteiger partial charge < -0.3 is 5.32 Å². The first-order chi connectivity index (χ1) is 9.44. The molecule has 2 aromatic rings. The molecule has 0 aliphatic carbocycles. The van der Waals surface area contributed by atoms with Gasteiger partial charge in [-0.25, -0.2) is 8.42 Å². The standard InChI is InChI=1S/C14H18N2O2S2/c1-10-5-4-6-13(11(10)2)16-20(17,18)14-8-7-12(19-14)9-15-3/h4-8,15-16H,9H2,1-3H3. The van der Waals surface area contributed by atoms with Crippen molar-refractivity contribution in [2.24, 2.45) is 0 Å². The summed E-state index contributed by atoms with van der Waals surface area (Å²) in [5.74, 6) is 0. The molecule has 0 aliphatic heterocycles. The van der Waals surface area contributed by atoms with Crippen LogP contribution in [-0.4, -0.2) is 15.5 Å². The Morgan fingerprint density at radius 2 is 1.90 bits per heavy atom. The summed E-state index contributed by atoms with van der Waals surface area (Å²) in [7, 11) is -1.67. The van der Waals surface area contributed by atoms with Crippen molar-refractivity contribution >= 4 is 27.0 Å². The average molecular weight is 310 g/mol. The monoisotopic (exact) mass is 310 g/mol. The molecule has 0 radical (unpaired) electrons. The van der Waals surface area contributed by atoms with Gasteiger partial charge in [0, 0.05) is 11.4 Å². The molecular formula is C14H18N2O2S2. The number of sulfonamides is 1. The van der Waals surface area contributed by atoms with E-state index in [1.807, 2.05) is 39.1 Å². The van der Waals surface area contributed by atoms with E-state index in [1.54, 1.807) is 12.1 Å². The van der Waals surface area contributed by atoms with E-state index in [0.29, 0.717) is 16.4 Å². The Hall–Kier alpha value is -1.37. The minimum atomic E-state index is -3.51. The van der Waals surface area contributed by atoms with Gasteiger partial charge in [0.15, 0.2) is 0 Å². The Morgan fingerprint density at radius 3 is 2.60 bits per heavy atom. The van der Waals surface area contributed by atoms with Gasteiger partial charge in [0.1, 0.15) is 4.21 Å². The first kappa shape index (κ1) is 15.0. The molecule has 0 aliphatic rings. The van der Waals surface area contributed by atoms with Crippen LogP contribution in [0.2, 0.25) is 0 Å². The number of nitrogens with one attached hydrogen (secondary N) is 2. The summed E-state index contributed by atoms with van der Waals surface area (Å²) in [6, 6.07) is 9.07. The van der Waals surface area contributed by atoms with Crippen molar-refractivity contribution < 1.29 is 8.42 Å². The lowest BCUT2D eigenvalue weighted by atomic mass is 10.1. The first-order valence-electron chi connectivity index (χ1n) is 6.26. The molecule has 1 aromatic carbocycles. The van der Waals surface area contributed by atoms with Crippen LogP contribution < -0.4 is 10.0 Å². The fourth-order valence-electron chi connectivity index (χ4n) is 1.83. The largest absolute Gasteiger partial charge is 0.315 e. The maximum absolute atomic E-state index is 12.4. The smallest absolute Gasteiger partial charge is 0.271 e. The van der Waals surface area contributed by atoms with Crippen molar-refractivity contribution in [1.82, 2.24) is 5.32 Å². The van der Waals surface area contributed by atoms with Crippen molar-refractivity contribution in [3.05, 3.63) is 46.3 Å². The molecule has 0 saturated carbocycles. The summed E-state index contributed by atoms with van der Waals surface area (Å²) < 4.78 is 27.7. The predicted octanol–water partition coefficient (Wildman–Crippen LogP) is 2.89. The van der Waals surface area contributed by atoms with Crippen LogP contribution in [0.5, 0.6) is 0 Å². The van der Waals surface area contributed by atoms with Crippen LogP contribution in [0.4, 0.5) is 5.69 Å². The van der Waals surface area contributed by atoms with Gasteiger partial charge in [0.2, 0.25) is 0 Å². The van der Waals surface area contributed by atoms with Crippen molar-refractivity contribution in [2.75, 3.05) is 11.8 Å². The van der Waals surface area contributed by atoms with Gasteiger partial charge in [-0.15, -0.1) is 11.3 Å². The second-order valence-corrected chi connectivity index (χ2v) is 7.68. The zero-order valence-electron chi connectivity index (χ0n) is 11.7. The molecule has 2 N–H and O–H groups in total. The molecule has 0 spiro atoms. The summed E-state index contributed by atoms with van der Waals surface area (Å²) in [6.07, 6.45) is 0. The minimum absolute atomic E-state index is 0.337. The van der Waals surface area contributed by atoms with Gasteiger partial charge >= 0.3 is 0 Å². The normalized spacial score (nSPS) is 11.6. The highest BCUT2D eigenvalue weighted by molar-refractivity contribution is 7.94. The van der Waals surface area contributed by atoms with Gasteiger partial charge in [0.25, 0.3) is 10.0 Å². The number of anilines is 1. The van der Waals surface area contributed by atoms with Crippen molar-refractivity contribution in [3.8, 4) is 0 Å². The predicted molar refractivity (Wildman–Crippen MR) is 83.8 cm³/mol. The van der Waals surface area contributed by atoms with E-state index in [0.717, 1.165) is 16.0 Å². The fourth-order valence-corrected chi connectivity index (χ4v) is 4.32. The van der Waals surface area contributed by atoms with E-state index in [9.17, 15) is 8.42 Å². The van der Waals surface area contributed by atoms with Gasteiger partial charge in [0.05, 0.1) is 5.69 Å². The first-order valence-corrected chi connectivity index (χ1v) is 8.56. The van der Waals surface area contributed by atoms with E-state index in [1.165, 1.54) is 11.3 Å². The molecule has 4 nitrogen and oxygen atoms in total. The lowest BCUT2D eigenvalue weighted by Gasteiger charge is -2.10. The third-order valence-electron chi connectivity index (χ3n) is 3.10. The van der Waals surface area contributed by atoms with Gasteiger partial charge in [-0.1, -0.05) is 12.1 Å². The highest BCUT2D eigenvalue weighted by Crippen LogP contribution is 2.26. The molecule has 6 heteroatoms. The van der Waals surface area contributed by atoms with Crippen LogP contribution in [0, 0.1) is 13.8 Å². The van der Waals surface area contributed by atoms with Gasteiger partial charge in [-0.2, -0.15) is 0 Å². The lowest BCUT2D eigenvalue weighted by Crippen LogP contribution is -2.12. The molecule has 2 rings (SSSR count). The summed E-state index contributed by atoms with van der Waals surface area (Å²) in [5.41, 5.74) is 2.64. The average Bonchev–Trinajstić information content (AvgIpc) is 2.85. The third kappa shape index (κ3) is 3.20. The Bertz CT molecular complexity index is 706. The van der Waals surface area contributed by atoms with E-state index >= 15 is 0 Å². The maximum Gasteiger partial charge on any atom is 0.271 e. The number of rotatable bonds is 5. The van der Waals surface area contributed by atoms with E-state index in [4.69, 9.17) is 0 Å². The molecule has 0 unspecified atom stereocenters. The Labute approximate surface area is 123 Å². The van der Waals surface area contributed by atoms with Crippen molar-refractivity contribution in [3.63, 3.8) is 0 Å². The minimum Gasteiger partial charge on any atom is -0.315 e. The Morgan fingerprint density at radius 1 is 1.15 bits per heavy atom. The number of hydrogen-bond donors (Lipinski definition) is 2. The summed E-state index contributed by atoms with van der Waals surface area (Å²) in [6.45, 7) is 4.54. The highest BCUT2D eigenvalue weighted by atomic mass is 32.2. The highest BCUT2D eigenvalue weighted by Gasteiger charge is 2.18. The van der Waals surface area contributed by atoms with Crippen molar-refractivity contribution in [2.45, 2.75) is 24.6 Å². The molecule has 0 fully saturated rings. The lowest BCUT2D eigenvalue weighted by molar-refractivity contribution is 0.603. The molecule has 0 amide bonds. The van der Waals surface area contributed by atoms with Gasteiger partial charge in [-0.05, 0) is 50.2 Å². The van der Waals surface area contributed by atoms with Crippen LogP contribution in [0.3, 0.4) is 0 Å². The molecule has 0 saturated heterocycles. The third-order valence-corrected chi connectivity index (χ3v) is 6.04. The second-order valence-electron chi connectivity index (χ2n) is 4.60. The van der Waals surface area contributed by atoms with Crippen LogP contribution in [0.25, 0.3) is 0 Å². The summed E-state index contributed by atoms with van der Waals surface area (Å²) in [4.78, 5) is 0.994. The quantitative estimate of drug-likeness (QED) is 0.893. The Balaban J connectivity index is 2.28. The van der Waals surface area contributed by atoms with E-state index in [2.05, 4.69) is 10.0 Å². The Kier molecular flexibility index (Phi) is 4.47. The molecule has 1 heterocycles. The molecule has 20 heavy (non-hydrogen) atoms. The number of thiophene rings is 1. The number of aryl methyl sites for hydroxylation is 1. The fraction of sp³-hybridized carbons (Fsp3) is 0.286. The van der Waals surface area contributed by atoms with Crippen LogP contribution in [-0.2, 0) is 16.6 Å². The number of benzene rings is 1.